The fourth-order valence-electron chi connectivity index (χ4n) is 4.08. The highest BCUT2D eigenvalue weighted by atomic mass is 35.5. The SMILES string of the molecule is CC(C)(c1ccccc1)c1ccc(Oc2ccc(NC(=O)CCC(=O)OCC(=O)c3ccc(Cl)cc3)cc2)cc1. The Kier molecular flexibility index (Phi) is 9.35. The molecule has 0 fully saturated rings. The van der Waals surface area contributed by atoms with Crippen LogP contribution in [-0.4, -0.2) is 24.3 Å². The Bertz CT molecular complexity index is 1450. The molecule has 0 saturated heterocycles. The Hall–Kier alpha value is -4.42. The first kappa shape index (κ1) is 28.6. The van der Waals surface area contributed by atoms with Crippen molar-refractivity contribution in [1.29, 1.82) is 0 Å². The van der Waals surface area contributed by atoms with Crippen molar-refractivity contribution in [2.75, 3.05) is 11.9 Å². The van der Waals surface area contributed by atoms with Gasteiger partial charge in [0.25, 0.3) is 0 Å². The molecule has 0 spiro atoms. The van der Waals surface area contributed by atoms with Gasteiger partial charge in [-0.3, -0.25) is 14.4 Å². The fraction of sp³-hybridized carbons (Fsp3) is 0.182. The fourth-order valence-corrected chi connectivity index (χ4v) is 4.21. The molecule has 0 saturated carbocycles. The molecule has 7 heteroatoms. The van der Waals surface area contributed by atoms with Crippen LogP contribution in [-0.2, 0) is 19.7 Å². The number of halogens is 1. The van der Waals surface area contributed by atoms with Crippen molar-refractivity contribution < 1.29 is 23.9 Å². The van der Waals surface area contributed by atoms with Crippen molar-refractivity contribution in [3.8, 4) is 11.5 Å². The van der Waals surface area contributed by atoms with Crippen LogP contribution in [0.2, 0.25) is 5.02 Å². The summed E-state index contributed by atoms with van der Waals surface area (Å²) in [6, 6.07) is 31.6. The first-order chi connectivity index (χ1) is 19.2. The number of amides is 1. The molecule has 204 valence electrons. The first-order valence-electron chi connectivity index (χ1n) is 12.9. The summed E-state index contributed by atoms with van der Waals surface area (Å²) >= 11 is 5.81. The molecule has 0 aliphatic rings. The van der Waals surface area contributed by atoms with Crippen molar-refractivity contribution in [2.45, 2.75) is 32.1 Å². The van der Waals surface area contributed by atoms with Crippen LogP contribution in [0.1, 0.15) is 48.2 Å². The van der Waals surface area contributed by atoms with Gasteiger partial charge in [0.2, 0.25) is 5.91 Å². The van der Waals surface area contributed by atoms with Crippen LogP contribution in [0.3, 0.4) is 0 Å². The third-order valence-electron chi connectivity index (χ3n) is 6.53. The van der Waals surface area contributed by atoms with Crippen LogP contribution in [0, 0.1) is 0 Å². The molecule has 1 N–H and O–H groups in total. The van der Waals surface area contributed by atoms with Crippen molar-refractivity contribution in [2.24, 2.45) is 0 Å². The lowest BCUT2D eigenvalue weighted by Gasteiger charge is -2.26. The molecule has 40 heavy (non-hydrogen) atoms. The van der Waals surface area contributed by atoms with E-state index in [0.29, 0.717) is 27.8 Å². The van der Waals surface area contributed by atoms with Gasteiger partial charge in [0.05, 0.1) is 6.42 Å². The molecule has 4 rings (SSSR count). The molecule has 0 aliphatic heterocycles. The van der Waals surface area contributed by atoms with Gasteiger partial charge in [-0.2, -0.15) is 0 Å². The summed E-state index contributed by atoms with van der Waals surface area (Å²) in [5.41, 5.74) is 3.25. The van der Waals surface area contributed by atoms with E-state index in [1.54, 1.807) is 48.5 Å². The number of carbonyl (C=O) groups excluding carboxylic acids is 3. The highest BCUT2D eigenvalue weighted by Gasteiger charge is 2.22. The Morgan fingerprint density at radius 1 is 0.725 bits per heavy atom. The summed E-state index contributed by atoms with van der Waals surface area (Å²) in [6.07, 6.45) is -0.212. The van der Waals surface area contributed by atoms with Crippen molar-refractivity contribution >= 4 is 34.9 Å². The number of benzene rings is 4. The molecule has 4 aromatic rings. The standard InChI is InChI=1S/C33H30ClNO5/c1-33(2,24-6-4-3-5-7-24)25-10-16-28(17-11-25)40-29-18-14-27(15-19-29)35-31(37)20-21-32(38)39-22-30(36)23-8-12-26(34)13-9-23/h3-19H,20-22H2,1-2H3,(H,35,37). The zero-order valence-corrected chi connectivity index (χ0v) is 23.1. The van der Waals surface area contributed by atoms with Gasteiger partial charge in [-0.25, -0.2) is 0 Å². The number of hydrogen-bond acceptors (Lipinski definition) is 5. The number of ether oxygens (including phenoxy) is 2. The maximum Gasteiger partial charge on any atom is 0.306 e. The lowest BCUT2D eigenvalue weighted by atomic mass is 9.78. The van der Waals surface area contributed by atoms with Gasteiger partial charge >= 0.3 is 5.97 Å². The minimum absolute atomic E-state index is 0.0715. The van der Waals surface area contributed by atoms with Gasteiger partial charge in [-0.1, -0.05) is 67.9 Å². The lowest BCUT2D eigenvalue weighted by molar-refractivity contribution is -0.143. The van der Waals surface area contributed by atoms with E-state index in [9.17, 15) is 14.4 Å². The average molecular weight is 556 g/mol. The summed E-state index contributed by atoms with van der Waals surface area (Å²) in [6.45, 7) is 3.99. The number of nitrogens with one attached hydrogen (secondary N) is 1. The predicted octanol–water partition coefficient (Wildman–Crippen LogP) is 7.60. The molecule has 0 unspecified atom stereocenters. The topological polar surface area (TPSA) is 81.7 Å². The van der Waals surface area contributed by atoms with Crippen LogP contribution < -0.4 is 10.1 Å². The quantitative estimate of drug-likeness (QED) is 0.152. The number of carbonyl (C=O) groups is 3. The number of Topliss-reactive ketones (excluding diaryl/α,β-unsaturated/α-hetero) is 1. The third kappa shape index (κ3) is 7.80. The molecule has 0 bridgehead atoms. The third-order valence-corrected chi connectivity index (χ3v) is 6.78. The Labute approximate surface area is 238 Å². The summed E-state index contributed by atoms with van der Waals surface area (Å²) in [4.78, 5) is 36.3. The molecule has 0 radical (unpaired) electrons. The number of ketones is 1. The second kappa shape index (κ2) is 13.1. The predicted molar refractivity (Wildman–Crippen MR) is 156 cm³/mol. The van der Waals surface area contributed by atoms with E-state index >= 15 is 0 Å². The molecule has 1 amide bonds. The van der Waals surface area contributed by atoms with Crippen LogP contribution in [0.5, 0.6) is 11.5 Å². The maximum atomic E-state index is 12.3. The van der Waals surface area contributed by atoms with E-state index in [-0.39, 0.29) is 29.9 Å². The van der Waals surface area contributed by atoms with E-state index in [4.69, 9.17) is 21.1 Å². The molecule has 0 atom stereocenters. The van der Waals surface area contributed by atoms with Crippen LogP contribution in [0.25, 0.3) is 0 Å². The van der Waals surface area contributed by atoms with E-state index in [2.05, 4.69) is 43.4 Å². The number of hydrogen-bond donors (Lipinski definition) is 1. The van der Waals surface area contributed by atoms with Crippen molar-refractivity contribution in [3.63, 3.8) is 0 Å². The summed E-state index contributed by atoms with van der Waals surface area (Å²) < 4.78 is 11.0. The van der Waals surface area contributed by atoms with Crippen LogP contribution in [0.4, 0.5) is 5.69 Å². The Balaban J connectivity index is 1.21. The van der Waals surface area contributed by atoms with Crippen molar-refractivity contribution in [3.05, 3.63) is 125 Å². The lowest BCUT2D eigenvalue weighted by Crippen LogP contribution is -2.18. The maximum absolute atomic E-state index is 12.3. The van der Waals surface area contributed by atoms with Gasteiger partial charge < -0.3 is 14.8 Å². The minimum Gasteiger partial charge on any atom is -0.457 e. The van der Waals surface area contributed by atoms with E-state index < -0.39 is 12.6 Å². The zero-order chi connectivity index (χ0) is 28.5. The van der Waals surface area contributed by atoms with Gasteiger partial charge in [0.15, 0.2) is 12.4 Å². The Morgan fingerprint density at radius 2 is 1.30 bits per heavy atom. The average Bonchev–Trinajstić information content (AvgIpc) is 2.97. The van der Waals surface area contributed by atoms with E-state index in [1.165, 1.54) is 11.1 Å². The normalized spacial score (nSPS) is 11.0. The second-order valence-corrected chi connectivity index (χ2v) is 10.2. The molecule has 0 aliphatic carbocycles. The van der Waals surface area contributed by atoms with Gasteiger partial charge in [-0.05, 0) is 71.8 Å². The van der Waals surface area contributed by atoms with Gasteiger partial charge in [-0.15, -0.1) is 0 Å². The minimum atomic E-state index is -0.626. The smallest absolute Gasteiger partial charge is 0.306 e. The largest absolute Gasteiger partial charge is 0.457 e. The van der Waals surface area contributed by atoms with E-state index in [0.717, 1.165) is 0 Å². The second-order valence-electron chi connectivity index (χ2n) is 9.78. The number of rotatable bonds is 11. The molecule has 6 nitrogen and oxygen atoms in total. The Morgan fingerprint density at radius 3 is 1.93 bits per heavy atom. The molecule has 0 heterocycles. The summed E-state index contributed by atoms with van der Waals surface area (Å²) in [5.74, 6) is 0.0221. The van der Waals surface area contributed by atoms with Crippen molar-refractivity contribution in [1.82, 2.24) is 0 Å². The van der Waals surface area contributed by atoms with Gasteiger partial charge in [0, 0.05) is 28.1 Å². The first-order valence-corrected chi connectivity index (χ1v) is 13.3. The molecular weight excluding hydrogens is 526 g/mol. The molecule has 4 aromatic carbocycles. The molecular formula is C33H30ClNO5. The number of esters is 1. The van der Waals surface area contributed by atoms with Gasteiger partial charge in [0.1, 0.15) is 11.5 Å². The zero-order valence-electron chi connectivity index (χ0n) is 22.4. The number of anilines is 1. The summed E-state index contributed by atoms with van der Waals surface area (Å²) in [7, 11) is 0. The molecule has 0 aromatic heterocycles. The monoisotopic (exact) mass is 555 g/mol. The van der Waals surface area contributed by atoms with E-state index in [1.807, 2.05) is 30.3 Å². The van der Waals surface area contributed by atoms with Crippen LogP contribution in [0.15, 0.2) is 103 Å². The summed E-state index contributed by atoms with van der Waals surface area (Å²) in [5, 5.41) is 3.25. The highest BCUT2D eigenvalue weighted by molar-refractivity contribution is 6.30. The highest BCUT2D eigenvalue weighted by Crippen LogP contribution is 2.33. The van der Waals surface area contributed by atoms with Crippen LogP contribution >= 0.6 is 11.6 Å².